The molecule has 0 saturated carbocycles. The average molecular weight is 239 g/mol. The zero-order chi connectivity index (χ0) is 13.1. The Morgan fingerprint density at radius 1 is 1.41 bits per heavy atom. The average Bonchev–Trinajstić information content (AvgIpc) is 2.14. The van der Waals surface area contributed by atoms with Crippen molar-refractivity contribution in [1.82, 2.24) is 10.2 Å². The van der Waals surface area contributed by atoms with Crippen molar-refractivity contribution in [3.05, 3.63) is 18.0 Å². The van der Waals surface area contributed by atoms with Crippen LogP contribution in [0.3, 0.4) is 0 Å². The van der Waals surface area contributed by atoms with E-state index >= 15 is 0 Å². The predicted molar refractivity (Wildman–Crippen MR) is 62.5 cm³/mol. The van der Waals surface area contributed by atoms with Gasteiger partial charge in [0.05, 0.1) is 24.2 Å². The van der Waals surface area contributed by atoms with Crippen molar-refractivity contribution in [1.29, 1.82) is 0 Å². The van der Waals surface area contributed by atoms with Crippen LogP contribution in [0.25, 0.3) is 0 Å². The van der Waals surface area contributed by atoms with E-state index in [1.54, 1.807) is 27.7 Å². The lowest BCUT2D eigenvalue weighted by atomic mass is 10.2. The fourth-order valence-corrected chi connectivity index (χ4v) is 1.18. The van der Waals surface area contributed by atoms with Crippen LogP contribution in [-0.2, 0) is 4.74 Å². The lowest BCUT2D eigenvalue weighted by molar-refractivity contribution is 0.0635. The number of carbonyl (C=O) groups is 1. The molecule has 1 heterocycles. The number of hydrogen-bond donors (Lipinski definition) is 2. The molecule has 1 atom stereocenters. The van der Waals surface area contributed by atoms with E-state index in [1.165, 1.54) is 12.4 Å². The predicted octanol–water partition coefficient (Wildman–Crippen LogP) is 1.88. The van der Waals surface area contributed by atoms with Gasteiger partial charge in [-0.15, -0.1) is 0 Å². The second kappa shape index (κ2) is 5.09. The van der Waals surface area contributed by atoms with Crippen LogP contribution in [0.4, 0.5) is 10.5 Å². The molecule has 0 aromatic carbocycles. The highest BCUT2D eigenvalue weighted by Crippen LogP contribution is 2.20. The van der Waals surface area contributed by atoms with Crippen molar-refractivity contribution in [2.45, 2.75) is 39.4 Å². The molecule has 0 radical (unpaired) electrons. The van der Waals surface area contributed by atoms with Gasteiger partial charge in [0.15, 0.2) is 0 Å². The van der Waals surface area contributed by atoms with Crippen LogP contribution < -0.4 is 5.32 Å². The van der Waals surface area contributed by atoms with Gasteiger partial charge in [0, 0.05) is 5.56 Å². The standard InChI is InChI=1S/C11H17N3O3/c1-7(15)8-5-12-13-6-9(8)14-10(16)17-11(2,3)4/h5-7,15H,1-4H3,(H,12,14,16). The number of nitrogens with one attached hydrogen (secondary N) is 1. The molecule has 1 amide bonds. The lowest BCUT2D eigenvalue weighted by Crippen LogP contribution is -2.27. The molecular weight excluding hydrogens is 222 g/mol. The van der Waals surface area contributed by atoms with E-state index in [4.69, 9.17) is 4.74 Å². The second-order valence-electron chi connectivity index (χ2n) is 4.66. The molecule has 0 aliphatic heterocycles. The molecule has 0 saturated heterocycles. The number of rotatable bonds is 2. The summed E-state index contributed by atoms with van der Waals surface area (Å²) in [7, 11) is 0. The Hall–Kier alpha value is -1.69. The van der Waals surface area contributed by atoms with E-state index in [1.807, 2.05) is 0 Å². The van der Waals surface area contributed by atoms with E-state index in [-0.39, 0.29) is 0 Å². The normalized spacial score (nSPS) is 13.0. The Labute approximate surface area is 100 Å². The van der Waals surface area contributed by atoms with Crippen LogP contribution in [-0.4, -0.2) is 27.0 Å². The first kappa shape index (κ1) is 13.4. The highest BCUT2D eigenvalue weighted by Gasteiger charge is 2.18. The molecule has 17 heavy (non-hydrogen) atoms. The molecule has 6 nitrogen and oxygen atoms in total. The van der Waals surface area contributed by atoms with Crippen molar-refractivity contribution in [2.75, 3.05) is 5.32 Å². The first-order chi connectivity index (χ1) is 7.79. The van der Waals surface area contributed by atoms with Gasteiger partial charge in [-0.1, -0.05) is 0 Å². The third kappa shape index (κ3) is 4.36. The molecule has 94 valence electrons. The van der Waals surface area contributed by atoms with Gasteiger partial charge >= 0.3 is 6.09 Å². The summed E-state index contributed by atoms with van der Waals surface area (Å²) in [5.41, 5.74) is 0.310. The Morgan fingerprint density at radius 3 is 2.53 bits per heavy atom. The number of aliphatic hydroxyl groups excluding tert-OH is 1. The number of hydrogen-bond acceptors (Lipinski definition) is 5. The summed E-state index contributed by atoms with van der Waals surface area (Å²) in [4.78, 5) is 11.5. The maximum atomic E-state index is 11.5. The fraction of sp³-hybridized carbons (Fsp3) is 0.545. The van der Waals surface area contributed by atoms with Crippen LogP contribution in [0.2, 0.25) is 0 Å². The minimum absolute atomic E-state index is 0.393. The number of anilines is 1. The minimum atomic E-state index is -0.740. The SMILES string of the molecule is CC(O)c1cnncc1NC(=O)OC(C)(C)C. The fourth-order valence-electron chi connectivity index (χ4n) is 1.18. The van der Waals surface area contributed by atoms with Gasteiger partial charge in [0.1, 0.15) is 5.60 Å². The van der Waals surface area contributed by atoms with Gasteiger partial charge < -0.3 is 9.84 Å². The van der Waals surface area contributed by atoms with Crippen LogP contribution in [0.1, 0.15) is 39.4 Å². The van der Waals surface area contributed by atoms with Crippen LogP contribution in [0.15, 0.2) is 12.4 Å². The topological polar surface area (TPSA) is 84.3 Å². The van der Waals surface area contributed by atoms with Crippen LogP contribution >= 0.6 is 0 Å². The zero-order valence-corrected chi connectivity index (χ0v) is 10.4. The lowest BCUT2D eigenvalue weighted by Gasteiger charge is -2.20. The van der Waals surface area contributed by atoms with E-state index in [0.717, 1.165) is 0 Å². The quantitative estimate of drug-likeness (QED) is 0.823. The number of ether oxygens (including phenoxy) is 1. The van der Waals surface area contributed by atoms with Crippen molar-refractivity contribution in [3.8, 4) is 0 Å². The number of carbonyl (C=O) groups excluding carboxylic acids is 1. The molecule has 1 aromatic rings. The first-order valence-corrected chi connectivity index (χ1v) is 5.28. The Balaban J connectivity index is 2.78. The smallest absolute Gasteiger partial charge is 0.412 e. The number of aliphatic hydroxyl groups is 1. The Morgan fingerprint density at radius 2 is 2.00 bits per heavy atom. The molecule has 1 unspecified atom stereocenters. The summed E-state index contributed by atoms with van der Waals surface area (Å²) < 4.78 is 5.10. The highest BCUT2D eigenvalue weighted by atomic mass is 16.6. The zero-order valence-electron chi connectivity index (χ0n) is 10.4. The van der Waals surface area contributed by atoms with Gasteiger partial charge in [-0.3, -0.25) is 5.32 Å². The van der Waals surface area contributed by atoms with Gasteiger partial charge in [0.2, 0.25) is 0 Å². The van der Waals surface area contributed by atoms with Crippen molar-refractivity contribution in [3.63, 3.8) is 0 Å². The van der Waals surface area contributed by atoms with E-state index < -0.39 is 17.8 Å². The minimum Gasteiger partial charge on any atom is -0.444 e. The number of amides is 1. The molecule has 0 aliphatic carbocycles. The molecule has 2 N–H and O–H groups in total. The summed E-state index contributed by atoms with van der Waals surface area (Å²) in [6, 6.07) is 0. The van der Waals surface area contributed by atoms with E-state index in [9.17, 15) is 9.90 Å². The van der Waals surface area contributed by atoms with Crippen LogP contribution in [0.5, 0.6) is 0 Å². The molecule has 0 spiro atoms. The summed E-state index contributed by atoms with van der Waals surface area (Å²) in [6.07, 6.45) is 1.44. The van der Waals surface area contributed by atoms with E-state index in [0.29, 0.717) is 11.3 Å². The molecule has 0 fully saturated rings. The Kier molecular flexibility index (Phi) is 4.01. The second-order valence-corrected chi connectivity index (χ2v) is 4.66. The summed E-state index contributed by atoms with van der Waals surface area (Å²) >= 11 is 0. The highest BCUT2D eigenvalue weighted by molar-refractivity contribution is 5.85. The summed E-state index contributed by atoms with van der Waals surface area (Å²) in [5.74, 6) is 0. The van der Waals surface area contributed by atoms with Gasteiger partial charge in [0.25, 0.3) is 0 Å². The third-order valence-corrected chi connectivity index (χ3v) is 1.85. The van der Waals surface area contributed by atoms with Crippen LogP contribution in [0, 0.1) is 0 Å². The molecular formula is C11H17N3O3. The maximum absolute atomic E-state index is 11.5. The molecule has 1 aromatic heterocycles. The van der Waals surface area contributed by atoms with Gasteiger partial charge in [-0.2, -0.15) is 10.2 Å². The largest absolute Gasteiger partial charge is 0.444 e. The third-order valence-electron chi connectivity index (χ3n) is 1.85. The summed E-state index contributed by atoms with van der Waals surface area (Å²) in [6.45, 7) is 6.89. The van der Waals surface area contributed by atoms with Crippen molar-refractivity contribution < 1.29 is 14.6 Å². The maximum Gasteiger partial charge on any atom is 0.412 e. The number of nitrogens with zero attached hydrogens (tertiary/aromatic N) is 2. The molecule has 0 bridgehead atoms. The molecule has 6 heteroatoms. The summed E-state index contributed by atoms with van der Waals surface area (Å²) in [5, 5.41) is 19.3. The first-order valence-electron chi connectivity index (χ1n) is 5.28. The molecule has 0 aliphatic rings. The number of aromatic nitrogens is 2. The van der Waals surface area contributed by atoms with Crippen molar-refractivity contribution >= 4 is 11.8 Å². The van der Waals surface area contributed by atoms with E-state index in [2.05, 4.69) is 15.5 Å². The van der Waals surface area contributed by atoms with Gasteiger partial charge in [-0.25, -0.2) is 4.79 Å². The molecule has 1 rings (SSSR count). The monoisotopic (exact) mass is 239 g/mol. The van der Waals surface area contributed by atoms with Crippen molar-refractivity contribution in [2.24, 2.45) is 0 Å². The van der Waals surface area contributed by atoms with Gasteiger partial charge in [-0.05, 0) is 27.7 Å². The Bertz CT molecular complexity index is 399.